The first-order valence-electron chi connectivity index (χ1n) is 9.72. The molecule has 140 valence electrons. The number of aliphatic hydroxyl groups is 1. The molecule has 3 aromatic rings. The van der Waals surface area contributed by atoms with E-state index in [1.54, 1.807) is 0 Å². The van der Waals surface area contributed by atoms with Crippen LogP contribution in [0.15, 0.2) is 61.2 Å². The number of piperidine rings is 1. The van der Waals surface area contributed by atoms with Crippen LogP contribution in [0.3, 0.4) is 0 Å². The van der Waals surface area contributed by atoms with Crippen molar-refractivity contribution >= 4 is 0 Å². The summed E-state index contributed by atoms with van der Waals surface area (Å²) >= 11 is 0. The Balaban J connectivity index is 1.64. The van der Waals surface area contributed by atoms with Crippen molar-refractivity contribution in [2.24, 2.45) is 0 Å². The molecule has 3 heterocycles. The molecule has 27 heavy (non-hydrogen) atoms. The van der Waals surface area contributed by atoms with Gasteiger partial charge in [0.05, 0.1) is 24.3 Å². The third-order valence-electron chi connectivity index (χ3n) is 5.43. The number of aliphatic hydroxyl groups excluding tert-OH is 1. The second kappa shape index (κ2) is 8.46. The van der Waals surface area contributed by atoms with Gasteiger partial charge in [-0.25, -0.2) is 4.98 Å². The average Bonchev–Trinajstić information content (AvgIpc) is 3.17. The van der Waals surface area contributed by atoms with Crippen LogP contribution in [0, 0.1) is 0 Å². The molecular weight excluding hydrogens is 336 g/mol. The van der Waals surface area contributed by atoms with Crippen LogP contribution < -0.4 is 0 Å². The molecule has 0 aliphatic carbocycles. The number of aromatic nitrogens is 3. The zero-order valence-electron chi connectivity index (χ0n) is 15.5. The lowest BCUT2D eigenvalue weighted by Gasteiger charge is -2.34. The van der Waals surface area contributed by atoms with Gasteiger partial charge in [0.2, 0.25) is 0 Å². The molecular formula is C22H26N4O. The van der Waals surface area contributed by atoms with Gasteiger partial charge in [-0.15, -0.1) is 0 Å². The minimum Gasteiger partial charge on any atom is -0.395 e. The van der Waals surface area contributed by atoms with E-state index in [-0.39, 0.29) is 6.61 Å². The SMILES string of the molecule is OC[C@@H]1CCCCN1CCn1cnc(-c2ccccc2)c1-c1ccncc1. The molecule has 0 amide bonds. The van der Waals surface area contributed by atoms with Gasteiger partial charge in [-0.1, -0.05) is 36.8 Å². The second-order valence-electron chi connectivity index (χ2n) is 7.11. The maximum Gasteiger partial charge on any atom is 0.0963 e. The Labute approximate surface area is 160 Å². The lowest BCUT2D eigenvalue weighted by Crippen LogP contribution is -2.43. The van der Waals surface area contributed by atoms with Gasteiger partial charge in [-0.2, -0.15) is 0 Å². The number of likely N-dealkylation sites (tertiary alicyclic amines) is 1. The van der Waals surface area contributed by atoms with Crippen LogP contribution in [0.1, 0.15) is 19.3 Å². The van der Waals surface area contributed by atoms with Gasteiger partial charge in [-0.05, 0) is 31.5 Å². The van der Waals surface area contributed by atoms with E-state index < -0.39 is 0 Å². The smallest absolute Gasteiger partial charge is 0.0963 e. The van der Waals surface area contributed by atoms with Crippen LogP contribution >= 0.6 is 0 Å². The van der Waals surface area contributed by atoms with Gasteiger partial charge in [-0.3, -0.25) is 9.88 Å². The molecule has 1 saturated heterocycles. The lowest BCUT2D eigenvalue weighted by atomic mass is 10.0. The van der Waals surface area contributed by atoms with Crippen LogP contribution in [0.5, 0.6) is 0 Å². The van der Waals surface area contributed by atoms with E-state index >= 15 is 0 Å². The number of pyridine rings is 1. The Kier molecular flexibility index (Phi) is 5.61. The molecule has 1 fully saturated rings. The van der Waals surface area contributed by atoms with E-state index in [0.29, 0.717) is 6.04 Å². The molecule has 0 saturated carbocycles. The summed E-state index contributed by atoms with van der Waals surface area (Å²) in [5.74, 6) is 0. The zero-order valence-corrected chi connectivity index (χ0v) is 15.5. The summed E-state index contributed by atoms with van der Waals surface area (Å²) < 4.78 is 2.24. The summed E-state index contributed by atoms with van der Waals surface area (Å²) in [6, 6.07) is 14.7. The van der Waals surface area contributed by atoms with Gasteiger partial charge in [0, 0.05) is 42.7 Å². The van der Waals surface area contributed by atoms with Crippen molar-refractivity contribution in [2.45, 2.75) is 31.8 Å². The fourth-order valence-electron chi connectivity index (χ4n) is 3.97. The maximum atomic E-state index is 9.68. The van der Waals surface area contributed by atoms with Crippen LogP contribution in [-0.2, 0) is 6.54 Å². The largest absolute Gasteiger partial charge is 0.395 e. The first-order valence-corrected chi connectivity index (χ1v) is 9.72. The quantitative estimate of drug-likeness (QED) is 0.730. The van der Waals surface area contributed by atoms with E-state index in [1.165, 1.54) is 12.8 Å². The molecule has 0 radical (unpaired) electrons. The van der Waals surface area contributed by atoms with Crippen molar-refractivity contribution in [1.82, 2.24) is 19.4 Å². The predicted octanol–water partition coefficient (Wildman–Crippen LogP) is 3.46. The number of nitrogens with zero attached hydrogens (tertiary/aromatic N) is 4. The van der Waals surface area contributed by atoms with Gasteiger partial charge in [0.1, 0.15) is 0 Å². The highest BCUT2D eigenvalue weighted by molar-refractivity contribution is 5.78. The number of benzene rings is 1. The highest BCUT2D eigenvalue weighted by atomic mass is 16.3. The Hall–Kier alpha value is -2.50. The van der Waals surface area contributed by atoms with E-state index in [9.17, 15) is 5.11 Å². The second-order valence-corrected chi connectivity index (χ2v) is 7.11. The summed E-state index contributed by atoms with van der Waals surface area (Å²) in [6.45, 7) is 3.09. The molecule has 1 N–H and O–H groups in total. The third-order valence-corrected chi connectivity index (χ3v) is 5.43. The average molecular weight is 362 g/mol. The van der Waals surface area contributed by atoms with Crippen molar-refractivity contribution in [3.05, 3.63) is 61.2 Å². The monoisotopic (exact) mass is 362 g/mol. The molecule has 0 bridgehead atoms. The van der Waals surface area contributed by atoms with Crippen molar-refractivity contribution in [3.8, 4) is 22.5 Å². The minimum absolute atomic E-state index is 0.246. The highest BCUT2D eigenvalue weighted by Crippen LogP contribution is 2.31. The first-order chi connectivity index (χ1) is 13.4. The third kappa shape index (κ3) is 3.94. The summed E-state index contributed by atoms with van der Waals surface area (Å²) in [5.41, 5.74) is 4.37. The van der Waals surface area contributed by atoms with Crippen LogP contribution in [-0.4, -0.2) is 50.3 Å². The Bertz CT molecular complexity index is 847. The summed E-state index contributed by atoms with van der Waals surface area (Å²) in [7, 11) is 0. The van der Waals surface area contributed by atoms with Gasteiger partial charge < -0.3 is 9.67 Å². The predicted molar refractivity (Wildman–Crippen MR) is 107 cm³/mol. The van der Waals surface area contributed by atoms with Crippen molar-refractivity contribution in [2.75, 3.05) is 19.7 Å². The lowest BCUT2D eigenvalue weighted by molar-refractivity contribution is 0.0873. The molecule has 0 unspecified atom stereocenters. The van der Waals surface area contributed by atoms with Gasteiger partial charge in [0.25, 0.3) is 0 Å². The fourth-order valence-corrected chi connectivity index (χ4v) is 3.97. The van der Waals surface area contributed by atoms with Gasteiger partial charge >= 0.3 is 0 Å². The Morgan fingerprint density at radius 3 is 2.56 bits per heavy atom. The van der Waals surface area contributed by atoms with Crippen molar-refractivity contribution in [1.29, 1.82) is 0 Å². The van der Waals surface area contributed by atoms with Gasteiger partial charge in [0.15, 0.2) is 0 Å². The number of rotatable bonds is 6. The van der Waals surface area contributed by atoms with Crippen LogP contribution in [0.25, 0.3) is 22.5 Å². The molecule has 1 aliphatic heterocycles. The first kappa shape index (κ1) is 17.9. The van der Waals surface area contributed by atoms with Crippen molar-refractivity contribution < 1.29 is 5.11 Å². The summed E-state index contributed by atoms with van der Waals surface area (Å²) in [5, 5.41) is 9.68. The number of imidazole rings is 1. The summed E-state index contributed by atoms with van der Waals surface area (Å²) in [6.07, 6.45) is 9.12. The fraction of sp³-hybridized carbons (Fsp3) is 0.364. The van der Waals surface area contributed by atoms with E-state index in [1.807, 2.05) is 49.1 Å². The summed E-state index contributed by atoms with van der Waals surface area (Å²) in [4.78, 5) is 11.3. The number of hydrogen-bond acceptors (Lipinski definition) is 4. The molecule has 1 aliphatic rings. The molecule has 4 rings (SSSR count). The zero-order chi connectivity index (χ0) is 18.5. The van der Waals surface area contributed by atoms with E-state index in [2.05, 4.69) is 26.6 Å². The van der Waals surface area contributed by atoms with E-state index in [0.717, 1.165) is 48.6 Å². The molecule has 5 nitrogen and oxygen atoms in total. The Morgan fingerprint density at radius 2 is 1.78 bits per heavy atom. The molecule has 5 heteroatoms. The standard InChI is InChI=1S/C22H26N4O/c27-16-20-8-4-5-13-25(20)14-15-26-17-24-21(18-6-2-1-3-7-18)22(26)19-9-11-23-12-10-19/h1-3,6-7,9-12,17,20,27H,4-5,8,13-16H2/t20-/m0/s1. The normalized spacial score (nSPS) is 17.9. The number of hydrogen-bond donors (Lipinski definition) is 1. The van der Waals surface area contributed by atoms with Crippen LogP contribution in [0.2, 0.25) is 0 Å². The highest BCUT2D eigenvalue weighted by Gasteiger charge is 2.22. The van der Waals surface area contributed by atoms with Crippen LogP contribution in [0.4, 0.5) is 0 Å². The topological polar surface area (TPSA) is 54.2 Å². The molecule has 1 aromatic carbocycles. The molecule has 2 aromatic heterocycles. The molecule has 0 spiro atoms. The maximum absolute atomic E-state index is 9.68. The van der Waals surface area contributed by atoms with Crippen molar-refractivity contribution in [3.63, 3.8) is 0 Å². The Morgan fingerprint density at radius 1 is 0.963 bits per heavy atom. The van der Waals surface area contributed by atoms with E-state index in [4.69, 9.17) is 4.98 Å². The molecule has 1 atom stereocenters. The minimum atomic E-state index is 0.246.